The number of piperazine rings is 1. The summed E-state index contributed by atoms with van der Waals surface area (Å²) in [6, 6.07) is 5.39. The number of amides is 2. The Balaban J connectivity index is 2.06. The summed E-state index contributed by atoms with van der Waals surface area (Å²) in [5.41, 5.74) is 4.31. The van der Waals surface area contributed by atoms with Gasteiger partial charge in [-0.1, -0.05) is 23.8 Å². The largest absolute Gasteiger partial charge is 0.463 e. The Morgan fingerprint density at radius 1 is 1.17 bits per heavy atom. The lowest BCUT2D eigenvalue weighted by molar-refractivity contribution is -0.139. The number of carbonyl (C=O) groups is 2. The standard InChI is InChI=1S/C22H32N4O3/c1-6-29-21(27)19-18(14-26-11-9-24(4)10-12-26)25(5)22(28)23-20(19)17-13-15(2)7-8-16(17)3/h7-8,13,20H,6,9-12,14H2,1-5H3,(H,23,28)/t20-/m0/s1. The average Bonchev–Trinajstić information content (AvgIpc) is 2.69. The van der Waals surface area contributed by atoms with E-state index in [0.717, 1.165) is 48.6 Å². The molecule has 2 amide bonds. The molecule has 0 aromatic heterocycles. The van der Waals surface area contributed by atoms with Crippen LogP contribution in [0.25, 0.3) is 0 Å². The van der Waals surface area contributed by atoms with Gasteiger partial charge in [0.15, 0.2) is 0 Å². The lowest BCUT2D eigenvalue weighted by Crippen LogP contribution is -2.51. The number of rotatable bonds is 5. The number of ether oxygens (including phenoxy) is 1. The van der Waals surface area contributed by atoms with Crippen molar-refractivity contribution in [2.75, 3.05) is 53.4 Å². The monoisotopic (exact) mass is 400 g/mol. The van der Waals surface area contributed by atoms with Crippen molar-refractivity contribution in [2.45, 2.75) is 26.8 Å². The van der Waals surface area contributed by atoms with Crippen LogP contribution < -0.4 is 5.32 Å². The van der Waals surface area contributed by atoms with E-state index >= 15 is 0 Å². The van der Waals surface area contributed by atoms with Gasteiger partial charge in [-0.3, -0.25) is 9.80 Å². The molecule has 2 aliphatic rings. The predicted molar refractivity (Wildman–Crippen MR) is 113 cm³/mol. The van der Waals surface area contributed by atoms with E-state index < -0.39 is 6.04 Å². The number of aryl methyl sites for hydroxylation is 2. The lowest BCUT2D eigenvalue weighted by atomic mass is 9.90. The molecule has 7 nitrogen and oxygen atoms in total. The first-order chi connectivity index (χ1) is 13.8. The Morgan fingerprint density at radius 3 is 2.52 bits per heavy atom. The quantitative estimate of drug-likeness (QED) is 0.767. The molecule has 29 heavy (non-hydrogen) atoms. The number of nitrogens with one attached hydrogen (secondary N) is 1. The van der Waals surface area contributed by atoms with Crippen LogP contribution in [0, 0.1) is 13.8 Å². The van der Waals surface area contributed by atoms with Crippen LogP contribution in [0.3, 0.4) is 0 Å². The van der Waals surface area contributed by atoms with E-state index in [4.69, 9.17) is 4.74 Å². The van der Waals surface area contributed by atoms with Gasteiger partial charge in [-0.15, -0.1) is 0 Å². The topological polar surface area (TPSA) is 65.1 Å². The first-order valence-electron chi connectivity index (χ1n) is 10.2. The van der Waals surface area contributed by atoms with Gasteiger partial charge in [-0.05, 0) is 38.9 Å². The van der Waals surface area contributed by atoms with Crippen LogP contribution in [0.5, 0.6) is 0 Å². The van der Waals surface area contributed by atoms with Crippen molar-refractivity contribution in [1.29, 1.82) is 0 Å². The summed E-state index contributed by atoms with van der Waals surface area (Å²) in [6.45, 7) is 10.4. The number of hydrogen-bond donors (Lipinski definition) is 1. The zero-order valence-corrected chi connectivity index (χ0v) is 18.1. The lowest BCUT2D eigenvalue weighted by Gasteiger charge is -2.39. The van der Waals surface area contributed by atoms with Crippen LogP contribution in [0.4, 0.5) is 4.79 Å². The third-order valence-corrected chi connectivity index (χ3v) is 5.79. The molecule has 1 aromatic rings. The average molecular weight is 401 g/mol. The Hall–Kier alpha value is -2.38. The summed E-state index contributed by atoms with van der Waals surface area (Å²) in [7, 11) is 3.83. The van der Waals surface area contributed by atoms with Crippen molar-refractivity contribution < 1.29 is 14.3 Å². The fourth-order valence-corrected chi connectivity index (χ4v) is 3.92. The van der Waals surface area contributed by atoms with Gasteiger partial charge in [0, 0.05) is 45.5 Å². The molecule has 0 spiro atoms. The summed E-state index contributed by atoms with van der Waals surface area (Å²) >= 11 is 0. The molecular formula is C22H32N4O3. The SMILES string of the molecule is CCOC(=O)C1=C(CN2CCN(C)CC2)N(C)C(=O)N[C@H]1c1cc(C)ccc1C. The van der Waals surface area contributed by atoms with Crippen molar-refractivity contribution in [1.82, 2.24) is 20.0 Å². The highest BCUT2D eigenvalue weighted by atomic mass is 16.5. The molecule has 0 aliphatic carbocycles. The van der Waals surface area contributed by atoms with Crippen LogP contribution in [0.1, 0.15) is 29.7 Å². The number of hydrogen-bond acceptors (Lipinski definition) is 5. The molecule has 1 N–H and O–H groups in total. The van der Waals surface area contributed by atoms with E-state index in [1.54, 1.807) is 18.9 Å². The number of carbonyl (C=O) groups excluding carboxylic acids is 2. The molecule has 1 saturated heterocycles. The smallest absolute Gasteiger partial charge is 0.338 e. The molecule has 2 heterocycles. The predicted octanol–water partition coefficient (Wildman–Crippen LogP) is 2.06. The van der Waals surface area contributed by atoms with E-state index in [9.17, 15) is 9.59 Å². The molecule has 0 radical (unpaired) electrons. The Kier molecular flexibility index (Phi) is 6.59. The molecule has 0 bridgehead atoms. The second-order valence-electron chi connectivity index (χ2n) is 7.96. The molecule has 1 aromatic carbocycles. The number of benzene rings is 1. The van der Waals surface area contributed by atoms with Crippen LogP contribution in [-0.4, -0.2) is 80.1 Å². The van der Waals surface area contributed by atoms with Crippen molar-refractivity contribution >= 4 is 12.0 Å². The molecule has 0 unspecified atom stereocenters. The summed E-state index contributed by atoms with van der Waals surface area (Å²) in [4.78, 5) is 32.0. The minimum absolute atomic E-state index is 0.201. The Bertz CT molecular complexity index is 812. The van der Waals surface area contributed by atoms with Crippen molar-refractivity contribution in [3.8, 4) is 0 Å². The molecule has 1 atom stereocenters. The third-order valence-electron chi connectivity index (χ3n) is 5.79. The third kappa shape index (κ3) is 4.62. The Labute approximate surface area is 173 Å². The molecule has 0 saturated carbocycles. The zero-order valence-electron chi connectivity index (χ0n) is 18.1. The highest BCUT2D eigenvalue weighted by Crippen LogP contribution is 2.33. The van der Waals surface area contributed by atoms with E-state index in [1.165, 1.54) is 0 Å². The summed E-state index contributed by atoms with van der Waals surface area (Å²) in [5, 5.41) is 3.02. The number of likely N-dealkylation sites (N-methyl/N-ethyl adjacent to an activating group) is 2. The van der Waals surface area contributed by atoms with Gasteiger partial charge >= 0.3 is 12.0 Å². The summed E-state index contributed by atoms with van der Waals surface area (Å²) < 4.78 is 5.42. The van der Waals surface area contributed by atoms with Crippen molar-refractivity contribution in [3.63, 3.8) is 0 Å². The fourth-order valence-electron chi connectivity index (χ4n) is 3.92. The van der Waals surface area contributed by atoms with Gasteiger partial charge in [0.25, 0.3) is 0 Å². The fraction of sp³-hybridized carbons (Fsp3) is 0.545. The normalized spacial score (nSPS) is 21.3. The maximum Gasteiger partial charge on any atom is 0.338 e. The maximum atomic E-state index is 13.0. The van der Waals surface area contributed by atoms with Gasteiger partial charge in [0.05, 0.1) is 18.2 Å². The first-order valence-corrected chi connectivity index (χ1v) is 10.2. The van der Waals surface area contributed by atoms with E-state index in [2.05, 4.69) is 22.2 Å². The van der Waals surface area contributed by atoms with E-state index in [-0.39, 0.29) is 12.0 Å². The van der Waals surface area contributed by atoms with Gasteiger partial charge in [-0.25, -0.2) is 9.59 Å². The first kappa shape index (κ1) is 21.3. The minimum Gasteiger partial charge on any atom is -0.463 e. The minimum atomic E-state index is -0.514. The molecule has 2 aliphatic heterocycles. The van der Waals surface area contributed by atoms with Crippen LogP contribution >= 0.6 is 0 Å². The molecule has 1 fully saturated rings. The maximum absolute atomic E-state index is 13.0. The number of esters is 1. The zero-order chi connectivity index (χ0) is 21.1. The van der Waals surface area contributed by atoms with Gasteiger partial charge in [0.1, 0.15) is 0 Å². The van der Waals surface area contributed by atoms with Crippen molar-refractivity contribution in [3.05, 3.63) is 46.2 Å². The summed E-state index contributed by atoms with van der Waals surface area (Å²) in [6.07, 6.45) is 0. The highest BCUT2D eigenvalue weighted by Gasteiger charge is 2.38. The Morgan fingerprint density at radius 2 is 1.86 bits per heavy atom. The molecule has 158 valence electrons. The molecule has 7 heteroatoms. The summed E-state index contributed by atoms with van der Waals surface area (Å²) in [5.74, 6) is -0.366. The van der Waals surface area contributed by atoms with E-state index in [0.29, 0.717) is 18.7 Å². The number of urea groups is 1. The number of nitrogens with zero attached hydrogens (tertiary/aromatic N) is 3. The van der Waals surface area contributed by atoms with Gasteiger partial charge in [0.2, 0.25) is 0 Å². The molecular weight excluding hydrogens is 368 g/mol. The van der Waals surface area contributed by atoms with Gasteiger partial charge < -0.3 is 15.0 Å². The van der Waals surface area contributed by atoms with E-state index in [1.807, 2.05) is 32.0 Å². The molecule has 3 rings (SSSR count). The second-order valence-corrected chi connectivity index (χ2v) is 7.96. The van der Waals surface area contributed by atoms with Crippen LogP contribution in [0.15, 0.2) is 29.5 Å². The highest BCUT2D eigenvalue weighted by molar-refractivity contribution is 5.95. The second kappa shape index (κ2) is 8.97. The van der Waals surface area contributed by atoms with Crippen molar-refractivity contribution in [2.24, 2.45) is 0 Å². The van der Waals surface area contributed by atoms with Crippen LogP contribution in [-0.2, 0) is 9.53 Å². The van der Waals surface area contributed by atoms with Gasteiger partial charge in [-0.2, -0.15) is 0 Å². The van der Waals surface area contributed by atoms with Crippen LogP contribution in [0.2, 0.25) is 0 Å².